The van der Waals surface area contributed by atoms with Crippen LogP contribution in [-0.4, -0.2) is 65.7 Å². The Morgan fingerprint density at radius 3 is 1.42 bits per heavy atom. The highest BCUT2D eigenvalue weighted by Gasteiger charge is 2.27. The molecule has 11 heteroatoms. The van der Waals surface area contributed by atoms with Gasteiger partial charge in [-0.05, 0) is 70.6 Å². The lowest BCUT2D eigenvalue weighted by Crippen LogP contribution is -2.29. The molecule has 0 saturated heterocycles. The molecule has 0 rings (SSSR count). The number of carbonyl (C=O) groups excluding carboxylic acids is 2. The van der Waals surface area contributed by atoms with Crippen molar-refractivity contribution in [2.75, 3.05) is 26.4 Å². The number of allylic oxidation sites excluding steroid dienone is 6. The van der Waals surface area contributed by atoms with E-state index in [1.165, 1.54) is 109 Å². The number of esters is 2. The molecular formula is C46H85O10P. The zero-order chi connectivity index (χ0) is 41.9. The third kappa shape index (κ3) is 42.1. The van der Waals surface area contributed by atoms with Gasteiger partial charge in [0, 0.05) is 12.8 Å². The Morgan fingerprint density at radius 2 is 0.912 bits per heavy atom. The number of hydrogen-bond donors (Lipinski definition) is 3. The molecule has 3 N–H and O–H groups in total. The Morgan fingerprint density at radius 1 is 0.526 bits per heavy atom. The lowest BCUT2D eigenvalue weighted by Gasteiger charge is -2.20. The van der Waals surface area contributed by atoms with Crippen molar-refractivity contribution in [1.82, 2.24) is 0 Å². The second kappa shape index (κ2) is 42.3. The standard InChI is InChI=1S/C46H85O10P/c1-3-5-7-9-11-13-15-17-19-20-21-22-24-25-27-29-31-33-35-37-45(49)53-41-44(42-55-57(51,52)54-40-43(48)39-47)56-46(50)38-36-34-32-30-28-26-23-18-16-14-12-10-8-6-4-2/h11,13,17,19,26,28,43-44,47-48H,3-10,12,14-16,18,20-25,27,29-42H2,1-2H3,(H,51,52)/b13-11+,19-17+,28-26+/t43-,44+/m0/s1. The largest absolute Gasteiger partial charge is 0.472 e. The van der Waals surface area contributed by atoms with Gasteiger partial charge in [-0.3, -0.25) is 18.6 Å². The van der Waals surface area contributed by atoms with Crippen molar-refractivity contribution in [3.05, 3.63) is 36.5 Å². The van der Waals surface area contributed by atoms with Crippen LogP contribution in [0.3, 0.4) is 0 Å². The molecule has 0 amide bonds. The summed E-state index contributed by atoms with van der Waals surface area (Å²) < 4.78 is 32.7. The van der Waals surface area contributed by atoms with Crippen molar-refractivity contribution >= 4 is 19.8 Å². The number of unbranched alkanes of at least 4 members (excludes halogenated alkanes) is 23. The SMILES string of the molecule is CCCCC/C=C/C/C=C/CCCCCCCCCCCC(=O)OC[C@H](COP(=O)(O)OC[C@@H](O)CO)OC(=O)CCCCC/C=C/CCCCCCCCCC. The Bertz CT molecular complexity index is 1050. The molecule has 0 bridgehead atoms. The van der Waals surface area contributed by atoms with Gasteiger partial charge in [0.2, 0.25) is 0 Å². The lowest BCUT2D eigenvalue weighted by molar-refractivity contribution is -0.161. The fraction of sp³-hybridized carbons (Fsp3) is 0.826. The van der Waals surface area contributed by atoms with E-state index in [0.717, 1.165) is 57.8 Å². The van der Waals surface area contributed by atoms with Crippen molar-refractivity contribution in [3.63, 3.8) is 0 Å². The van der Waals surface area contributed by atoms with Gasteiger partial charge < -0.3 is 24.6 Å². The highest BCUT2D eigenvalue weighted by molar-refractivity contribution is 7.47. The number of phosphoric ester groups is 1. The lowest BCUT2D eigenvalue weighted by atomic mass is 10.1. The number of aliphatic hydroxyl groups excluding tert-OH is 2. The first kappa shape index (κ1) is 55.2. The van der Waals surface area contributed by atoms with Gasteiger partial charge >= 0.3 is 19.8 Å². The molecule has 0 aromatic carbocycles. The van der Waals surface area contributed by atoms with Gasteiger partial charge in [0.25, 0.3) is 0 Å². The Kier molecular flexibility index (Phi) is 41.0. The fourth-order valence-electron chi connectivity index (χ4n) is 6.19. The summed E-state index contributed by atoms with van der Waals surface area (Å²) in [6, 6.07) is 0. The fourth-order valence-corrected chi connectivity index (χ4v) is 6.98. The molecule has 0 aromatic rings. The van der Waals surface area contributed by atoms with Crippen molar-refractivity contribution in [3.8, 4) is 0 Å². The van der Waals surface area contributed by atoms with Crippen LogP contribution in [0, 0.1) is 0 Å². The van der Waals surface area contributed by atoms with Crippen molar-refractivity contribution in [1.29, 1.82) is 0 Å². The van der Waals surface area contributed by atoms with Gasteiger partial charge in [-0.15, -0.1) is 0 Å². The van der Waals surface area contributed by atoms with Gasteiger partial charge in [0.05, 0.1) is 19.8 Å². The first-order chi connectivity index (χ1) is 27.7. The predicted octanol–water partition coefficient (Wildman–Crippen LogP) is 12.3. The second-order valence-corrected chi connectivity index (χ2v) is 16.9. The zero-order valence-corrected chi connectivity index (χ0v) is 37.2. The van der Waals surface area contributed by atoms with E-state index in [4.69, 9.17) is 23.6 Å². The molecular weight excluding hydrogens is 743 g/mol. The molecule has 0 aliphatic heterocycles. The van der Waals surface area contributed by atoms with E-state index in [1.54, 1.807) is 0 Å². The number of aliphatic hydroxyl groups is 2. The van der Waals surface area contributed by atoms with Crippen LogP contribution in [0.25, 0.3) is 0 Å². The minimum atomic E-state index is -4.62. The normalized spacial score (nSPS) is 14.1. The Balaban J connectivity index is 4.26. The van der Waals surface area contributed by atoms with Crippen LogP contribution in [-0.2, 0) is 32.7 Å². The molecule has 0 spiro atoms. The van der Waals surface area contributed by atoms with E-state index in [-0.39, 0.29) is 19.4 Å². The third-order valence-corrected chi connectivity index (χ3v) is 10.7. The topological polar surface area (TPSA) is 149 Å². The third-order valence-electron chi connectivity index (χ3n) is 9.77. The van der Waals surface area contributed by atoms with E-state index in [0.29, 0.717) is 12.8 Å². The van der Waals surface area contributed by atoms with Crippen molar-refractivity contribution in [2.24, 2.45) is 0 Å². The van der Waals surface area contributed by atoms with Crippen LogP contribution in [0.2, 0.25) is 0 Å². The molecule has 1 unspecified atom stereocenters. The van der Waals surface area contributed by atoms with Crippen LogP contribution in [0.5, 0.6) is 0 Å². The molecule has 0 heterocycles. The quantitative estimate of drug-likeness (QED) is 0.0235. The highest BCUT2D eigenvalue weighted by atomic mass is 31.2. The van der Waals surface area contributed by atoms with E-state index in [1.807, 2.05) is 0 Å². The van der Waals surface area contributed by atoms with Crippen molar-refractivity contribution in [2.45, 2.75) is 219 Å². The number of ether oxygens (including phenoxy) is 2. The van der Waals surface area contributed by atoms with Crippen LogP contribution < -0.4 is 0 Å². The summed E-state index contributed by atoms with van der Waals surface area (Å²) in [6.45, 7) is 2.35. The minimum Gasteiger partial charge on any atom is -0.462 e. The molecule has 0 radical (unpaired) electrons. The molecule has 334 valence electrons. The van der Waals surface area contributed by atoms with Crippen LogP contribution in [0.4, 0.5) is 0 Å². The first-order valence-corrected chi connectivity index (χ1v) is 24.4. The van der Waals surface area contributed by atoms with Gasteiger partial charge in [-0.1, -0.05) is 159 Å². The van der Waals surface area contributed by atoms with Gasteiger partial charge in [-0.25, -0.2) is 4.57 Å². The number of hydrogen-bond acceptors (Lipinski definition) is 9. The summed E-state index contributed by atoms with van der Waals surface area (Å²) in [4.78, 5) is 35.0. The summed E-state index contributed by atoms with van der Waals surface area (Å²) >= 11 is 0. The van der Waals surface area contributed by atoms with Gasteiger partial charge in [-0.2, -0.15) is 0 Å². The summed E-state index contributed by atoms with van der Waals surface area (Å²) in [6.07, 6.45) is 43.9. The average molecular weight is 829 g/mol. The van der Waals surface area contributed by atoms with E-state index in [2.05, 4.69) is 50.3 Å². The molecule has 3 atom stereocenters. The van der Waals surface area contributed by atoms with Crippen molar-refractivity contribution < 1.29 is 47.8 Å². The molecule has 0 saturated carbocycles. The predicted molar refractivity (Wildman–Crippen MR) is 233 cm³/mol. The average Bonchev–Trinajstić information content (AvgIpc) is 3.20. The number of carbonyl (C=O) groups is 2. The molecule has 57 heavy (non-hydrogen) atoms. The first-order valence-electron chi connectivity index (χ1n) is 22.9. The smallest absolute Gasteiger partial charge is 0.462 e. The second-order valence-electron chi connectivity index (χ2n) is 15.4. The molecule has 0 fully saturated rings. The maximum atomic E-state index is 12.6. The van der Waals surface area contributed by atoms with Gasteiger partial charge in [0.1, 0.15) is 12.7 Å². The van der Waals surface area contributed by atoms with Gasteiger partial charge in [0.15, 0.2) is 6.10 Å². The summed E-state index contributed by atoms with van der Waals surface area (Å²) in [5, 5.41) is 18.3. The van der Waals surface area contributed by atoms with Crippen LogP contribution in [0.15, 0.2) is 36.5 Å². The number of phosphoric acid groups is 1. The molecule has 10 nitrogen and oxygen atoms in total. The maximum Gasteiger partial charge on any atom is 0.472 e. The molecule has 0 aromatic heterocycles. The van der Waals surface area contributed by atoms with E-state index in [9.17, 15) is 24.2 Å². The molecule has 0 aliphatic rings. The summed E-state index contributed by atoms with van der Waals surface area (Å²) in [5.74, 6) is -0.944. The minimum absolute atomic E-state index is 0.164. The Labute approximate surface area is 348 Å². The summed E-state index contributed by atoms with van der Waals surface area (Å²) in [7, 11) is -4.62. The summed E-state index contributed by atoms with van der Waals surface area (Å²) in [5.41, 5.74) is 0. The number of rotatable bonds is 43. The monoisotopic (exact) mass is 829 g/mol. The Hall–Kier alpha value is -1.81. The zero-order valence-electron chi connectivity index (χ0n) is 36.3. The van der Waals surface area contributed by atoms with Crippen LogP contribution >= 0.6 is 7.82 Å². The maximum absolute atomic E-state index is 12.6. The van der Waals surface area contributed by atoms with Crippen LogP contribution in [0.1, 0.15) is 206 Å². The van der Waals surface area contributed by atoms with E-state index < -0.39 is 51.8 Å². The van der Waals surface area contributed by atoms with E-state index >= 15 is 0 Å². The highest BCUT2D eigenvalue weighted by Crippen LogP contribution is 2.43. The molecule has 0 aliphatic carbocycles.